The molecule has 16 heavy (non-hydrogen) atoms. The zero-order valence-electron chi connectivity index (χ0n) is 10.2. The van der Waals surface area contributed by atoms with Crippen molar-refractivity contribution < 1.29 is 13.9 Å². The summed E-state index contributed by atoms with van der Waals surface area (Å²) in [6.07, 6.45) is 9.97. The van der Waals surface area contributed by atoms with Crippen molar-refractivity contribution in [3.05, 3.63) is 24.3 Å². The van der Waals surface area contributed by atoms with Crippen LogP contribution in [0.5, 0.6) is 0 Å². The van der Waals surface area contributed by atoms with E-state index in [4.69, 9.17) is 9.05 Å². The molecule has 0 saturated carbocycles. The lowest BCUT2D eigenvalue weighted by Crippen LogP contribution is -2.32. The highest BCUT2D eigenvalue weighted by atomic mass is 31.2. The van der Waals surface area contributed by atoms with E-state index in [-0.39, 0.29) is 5.92 Å². The molecule has 0 fully saturated rings. The van der Waals surface area contributed by atoms with Gasteiger partial charge in [0.2, 0.25) is 0 Å². The largest absolute Gasteiger partial charge is 0.330 e. The predicted molar refractivity (Wildman–Crippen MR) is 66.9 cm³/mol. The maximum Gasteiger partial charge on any atom is 0.330 e. The van der Waals surface area contributed by atoms with Crippen LogP contribution in [0.2, 0.25) is 0 Å². The van der Waals surface area contributed by atoms with Gasteiger partial charge in [-0.1, -0.05) is 44.6 Å². The molecule has 1 aliphatic rings. The van der Waals surface area contributed by atoms with Crippen LogP contribution in [0.4, 0.5) is 0 Å². The van der Waals surface area contributed by atoms with Crippen LogP contribution < -0.4 is 0 Å². The Morgan fingerprint density at radius 3 is 2.81 bits per heavy atom. The van der Waals surface area contributed by atoms with Crippen molar-refractivity contribution in [1.29, 1.82) is 0 Å². The van der Waals surface area contributed by atoms with E-state index >= 15 is 0 Å². The second-order valence-electron chi connectivity index (χ2n) is 4.23. The molecule has 3 atom stereocenters. The molecule has 0 radical (unpaired) electrons. The van der Waals surface area contributed by atoms with Crippen LogP contribution in [-0.4, -0.2) is 17.1 Å². The number of unbranched alkanes of at least 4 members (excludes halogenated alkanes) is 1. The summed E-state index contributed by atoms with van der Waals surface area (Å²) >= 11 is 0. The standard InChI is InChI=1S/C12H21O3P/c1-4-5-10-14-16(13)15-12(3)9-7-6-8-11(12)2/h6-9,11,13H,4-5,10H2,1-3H3. The first kappa shape index (κ1) is 13.9. The summed E-state index contributed by atoms with van der Waals surface area (Å²) in [5, 5.41) is 0. The first-order valence-corrected chi connectivity index (χ1v) is 6.88. The Balaban J connectivity index is 2.40. The second kappa shape index (κ2) is 6.51. The summed E-state index contributed by atoms with van der Waals surface area (Å²) in [6, 6.07) is 0. The number of hydrogen-bond acceptors (Lipinski definition) is 3. The molecule has 1 N–H and O–H groups in total. The smallest absolute Gasteiger partial charge is 0.328 e. The molecule has 4 heteroatoms. The summed E-state index contributed by atoms with van der Waals surface area (Å²) in [7, 11) is -1.78. The van der Waals surface area contributed by atoms with Crippen LogP contribution >= 0.6 is 8.60 Å². The maximum atomic E-state index is 9.67. The van der Waals surface area contributed by atoms with Crippen LogP contribution in [0.1, 0.15) is 33.6 Å². The van der Waals surface area contributed by atoms with Gasteiger partial charge in [0.1, 0.15) is 0 Å². The molecule has 0 bridgehead atoms. The molecule has 0 aliphatic heterocycles. The van der Waals surface area contributed by atoms with Gasteiger partial charge in [-0.15, -0.1) is 0 Å². The van der Waals surface area contributed by atoms with Gasteiger partial charge in [0.05, 0.1) is 12.2 Å². The molecule has 3 nitrogen and oxygen atoms in total. The van der Waals surface area contributed by atoms with E-state index in [0.29, 0.717) is 6.61 Å². The molecule has 3 unspecified atom stereocenters. The highest BCUT2D eigenvalue weighted by Crippen LogP contribution is 2.43. The van der Waals surface area contributed by atoms with Gasteiger partial charge >= 0.3 is 8.60 Å². The van der Waals surface area contributed by atoms with Gasteiger partial charge in [-0.2, -0.15) is 0 Å². The third-order valence-electron chi connectivity index (χ3n) is 2.82. The molecule has 0 saturated heterocycles. The lowest BCUT2D eigenvalue weighted by atomic mass is 9.87. The number of rotatable bonds is 6. The minimum absolute atomic E-state index is 0.240. The Labute approximate surface area is 99.1 Å². The highest BCUT2D eigenvalue weighted by Gasteiger charge is 2.32. The normalized spacial score (nSPS) is 30.6. The summed E-state index contributed by atoms with van der Waals surface area (Å²) in [4.78, 5) is 9.67. The Hall–Kier alpha value is -0.210. The van der Waals surface area contributed by atoms with E-state index in [1.165, 1.54) is 0 Å². The first-order chi connectivity index (χ1) is 7.58. The third-order valence-corrected chi connectivity index (χ3v) is 3.77. The van der Waals surface area contributed by atoms with Gasteiger partial charge in [-0.05, 0) is 13.3 Å². The quantitative estimate of drug-likeness (QED) is 0.573. The van der Waals surface area contributed by atoms with Crippen molar-refractivity contribution in [2.75, 3.05) is 6.61 Å². The first-order valence-electron chi connectivity index (χ1n) is 5.75. The summed E-state index contributed by atoms with van der Waals surface area (Å²) in [6.45, 7) is 6.67. The van der Waals surface area contributed by atoms with Gasteiger partial charge < -0.3 is 13.9 Å². The predicted octanol–water partition coefficient (Wildman–Crippen LogP) is 3.56. The molecule has 0 amide bonds. The molecule has 1 rings (SSSR count). The molecule has 0 spiro atoms. The Kier molecular flexibility index (Phi) is 5.63. The molecular weight excluding hydrogens is 223 g/mol. The fourth-order valence-corrected chi connectivity index (χ4v) is 2.32. The topological polar surface area (TPSA) is 38.7 Å². The Morgan fingerprint density at radius 2 is 2.19 bits per heavy atom. The van der Waals surface area contributed by atoms with Gasteiger partial charge in [-0.25, -0.2) is 0 Å². The van der Waals surface area contributed by atoms with Crippen molar-refractivity contribution in [2.24, 2.45) is 5.92 Å². The van der Waals surface area contributed by atoms with Crippen molar-refractivity contribution in [1.82, 2.24) is 0 Å². The molecule has 0 aromatic heterocycles. The zero-order valence-corrected chi connectivity index (χ0v) is 11.1. The van der Waals surface area contributed by atoms with E-state index < -0.39 is 14.2 Å². The molecule has 0 aromatic carbocycles. The van der Waals surface area contributed by atoms with Crippen molar-refractivity contribution in [2.45, 2.75) is 39.2 Å². The molecule has 0 heterocycles. The van der Waals surface area contributed by atoms with Crippen LogP contribution in [0.15, 0.2) is 24.3 Å². The van der Waals surface area contributed by atoms with E-state index in [1.54, 1.807) is 0 Å². The van der Waals surface area contributed by atoms with E-state index in [1.807, 2.05) is 25.2 Å². The maximum absolute atomic E-state index is 9.67. The lowest BCUT2D eigenvalue weighted by molar-refractivity contribution is 0.0699. The Morgan fingerprint density at radius 1 is 1.44 bits per heavy atom. The molecule has 92 valence electrons. The monoisotopic (exact) mass is 244 g/mol. The highest BCUT2D eigenvalue weighted by molar-refractivity contribution is 7.40. The van der Waals surface area contributed by atoms with Crippen molar-refractivity contribution in [3.8, 4) is 0 Å². The van der Waals surface area contributed by atoms with Crippen molar-refractivity contribution >= 4 is 8.60 Å². The molecule has 0 aromatic rings. The van der Waals surface area contributed by atoms with Crippen LogP contribution in [-0.2, 0) is 9.05 Å². The van der Waals surface area contributed by atoms with Gasteiger partial charge in [-0.3, -0.25) is 0 Å². The average molecular weight is 244 g/mol. The minimum Gasteiger partial charge on any atom is -0.328 e. The van der Waals surface area contributed by atoms with E-state index in [2.05, 4.69) is 19.9 Å². The molecule has 1 aliphatic carbocycles. The number of hydrogen-bond donors (Lipinski definition) is 1. The Bertz CT molecular complexity index is 265. The van der Waals surface area contributed by atoms with E-state index in [0.717, 1.165) is 12.8 Å². The average Bonchev–Trinajstić information content (AvgIpc) is 2.23. The van der Waals surface area contributed by atoms with Crippen LogP contribution in [0.3, 0.4) is 0 Å². The zero-order chi connectivity index (χ0) is 12.0. The van der Waals surface area contributed by atoms with Gasteiger partial charge in [0.25, 0.3) is 0 Å². The second-order valence-corrected chi connectivity index (χ2v) is 5.15. The fourth-order valence-electron chi connectivity index (χ4n) is 1.42. The number of allylic oxidation sites excluding steroid dienone is 2. The van der Waals surface area contributed by atoms with Crippen LogP contribution in [0.25, 0.3) is 0 Å². The molecular formula is C12H21O3P. The summed E-state index contributed by atoms with van der Waals surface area (Å²) in [5.41, 5.74) is -0.457. The summed E-state index contributed by atoms with van der Waals surface area (Å²) in [5.74, 6) is 0.240. The van der Waals surface area contributed by atoms with Crippen LogP contribution in [0, 0.1) is 5.92 Å². The lowest BCUT2D eigenvalue weighted by Gasteiger charge is -2.33. The van der Waals surface area contributed by atoms with E-state index in [9.17, 15) is 4.89 Å². The SMILES string of the molecule is CCCCOP(O)OC1(C)C=CC=CC1C. The van der Waals surface area contributed by atoms with Crippen molar-refractivity contribution in [3.63, 3.8) is 0 Å². The fraction of sp³-hybridized carbons (Fsp3) is 0.667. The van der Waals surface area contributed by atoms with Gasteiger partial charge in [0, 0.05) is 5.92 Å². The minimum atomic E-state index is -1.78. The van der Waals surface area contributed by atoms with Gasteiger partial charge in [0.15, 0.2) is 0 Å². The summed E-state index contributed by atoms with van der Waals surface area (Å²) < 4.78 is 10.8. The third kappa shape index (κ3) is 3.99.